The van der Waals surface area contributed by atoms with Gasteiger partial charge >= 0.3 is 0 Å². The van der Waals surface area contributed by atoms with Crippen LogP contribution >= 0.6 is 22.9 Å². The molecule has 2 heterocycles. The second-order valence-electron chi connectivity index (χ2n) is 6.19. The first kappa shape index (κ1) is 16.4. The molecule has 0 bridgehead atoms. The minimum Gasteiger partial charge on any atom is -0.346 e. The smallest absolute Gasteiger partial charge is 0.228 e. The van der Waals surface area contributed by atoms with E-state index in [4.69, 9.17) is 11.6 Å². The Balaban J connectivity index is 1.51. The van der Waals surface area contributed by atoms with E-state index in [1.165, 1.54) is 11.3 Å². The molecule has 0 aliphatic heterocycles. The Kier molecular flexibility index (Phi) is 4.59. The summed E-state index contributed by atoms with van der Waals surface area (Å²) in [6, 6.07) is 11.5. The molecular weight excluding hydrogens is 354 g/mol. The summed E-state index contributed by atoms with van der Waals surface area (Å²) in [7, 11) is 0. The summed E-state index contributed by atoms with van der Waals surface area (Å²) in [5.41, 5.74) is 2.21. The molecule has 2 aromatic heterocycles. The fraction of sp³-hybridized carbons (Fsp3) is 0.263. The van der Waals surface area contributed by atoms with Gasteiger partial charge in [-0.15, -0.1) is 11.3 Å². The first-order chi connectivity index (χ1) is 12.2. The first-order valence-electron chi connectivity index (χ1n) is 8.35. The maximum absolute atomic E-state index is 12.6. The van der Waals surface area contributed by atoms with Crippen LogP contribution in [0.2, 0.25) is 5.02 Å². The predicted molar refractivity (Wildman–Crippen MR) is 101 cm³/mol. The molecule has 0 radical (unpaired) electrons. The Hall–Kier alpha value is -2.11. The zero-order valence-corrected chi connectivity index (χ0v) is 15.2. The number of amides is 1. The van der Waals surface area contributed by atoms with Crippen molar-refractivity contribution < 1.29 is 4.79 Å². The molecule has 25 heavy (non-hydrogen) atoms. The average Bonchev–Trinajstić information content (AvgIpc) is 3.31. The van der Waals surface area contributed by atoms with Crippen LogP contribution in [0.1, 0.15) is 35.0 Å². The lowest BCUT2D eigenvalue weighted by Gasteiger charge is -2.19. The number of fused-ring (bicyclic) bond motifs is 1. The van der Waals surface area contributed by atoms with Gasteiger partial charge < -0.3 is 9.88 Å². The summed E-state index contributed by atoms with van der Waals surface area (Å²) in [4.78, 5) is 18.5. The standard InChI is InChI=1S/C19H18ClN3OS/c20-14-8-6-13(7-9-14)16(23-10-1-2-11-23)12-18(24)22-19-21-15-4-3-5-17(15)25-19/h1-2,6-11,16H,3-5,12H2,(H,21,22,24)/t16-/m1/s1. The number of anilines is 1. The molecule has 128 valence electrons. The molecule has 1 amide bonds. The summed E-state index contributed by atoms with van der Waals surface area (Å²) >= 11 is 7.60. The van der Waals surface area contributed by atoms with Gasteiger partial charge in [-0.2, -0.15) is 0 Å². The molecule has 1 N–H and O–H groups in total. The van der Waals surface area contributed by atoms with E-state index in [0.717, 1.165) is 29.2 Å². The number of halogens is 1. The van der Waals surface area contributed by atoms with Gasteiger partial charge in [0.1, 0.15) is 0 Å². The summed E-state index contributed by atoms with van der Waals surface area (Å²) in [5, 5.41) is 4.38. The highest BCUT2D eigenvalue weighted by molar-refractivity contribution is 7.15. The molecular formula is C19H18ClN3OS. The number of thiazole rings is 1. The van der Waals surface area contributed by atoms with Crippen LogP contribution in [0.3, 0.4) is 0 Å². The van der Waals surface area contributed by atoms with Crippen molar-refractivity contribution in [3.8, 4) is 0 Å². The number of carbonyl (C=O) groups is 1. The molecule has 1 aliphatic carbocycles. The quantitative estimate of drug-likeness (QED) is 0.706. The van der Waals surface area contributed by atoms with E-state index in [0.29, 0.717) is 11.4 Å². The van der Waals surface area contributed by atoms with E-state index in [-0.39, 0.29) is 11.9 Å². The van der Waals surface area contributed by atoms with Gasteiger partial charge in [0.15, 0.2) is 5.13 Å². The highest BCUT2D eigenvalue weighted by Crippen LogP contribution is 2.31. The molecule has 0 saturated heterocycles. The lowest BCUT2D eigenvalue weighted by molar-refractivity contribution is -0.116. The van der Waals surface area contributed by atoms with E-state index in [9.17, 15) is 4.79 Å². The molecule has 4 rings (SSSR count). The minimum atomic E-state index is -0.0703. The number of aromatic nitrogens is 2. The molecule has 0 fully saturated rings. The Morgan fingerprint density at radius 3 is 2.72 bits per heavy atom. The third-order valence-electron chi connectivity index (χ3n) is 4.46. The lowest BCUT2D eigenvalue weighted by Crippen LogP contribution is -2.19. The van der Waals surface area contributed by atoms with Crippen molar-refractivity contribution in [1.29, 1.82) is 0 Å². The van der Waals surface area contributed by atoms with Crippen LogP contribution in [-0.2, 0) is 17.6 Å². The molecule has 1 aliphatic rings. The van der Waals surface area contributed by atoms with E-state index >= 15 is 0 Å². The van der Waals surface area contributed by atoms with Crippen molar-refractivity contribution in [2.24, 2.45) is 0 Å². The third kappa shape index (κ3) is 3.62. The van der Waals surface area contributed by atoms with E-state index in [1.807, 2.05) is 53.4 Å². The lowest BCUT2D eigenvalue weighted by atomic mass is 10.0. The predicted octanol–water partition coefficient (Wildman–Crippen LogP) is 4.70. The molecule has 0 spiro atoms. The monoisotopic (exact) mass is 371 g/mol. The highest BCUT2D eigenvalue weighted by Gasteiger charge is 2.21. The summed E-state index contributed by atoms with van der Waals surface area (Å²) in [6.45, 7) is 0. The van der Waals surface area contributed by atoms with Crippen LogP contribution in [0, 0.1) is 0 Å². The number of carbonyl (C=O) groups excluding carboxylic acids is 1. The van der Waals surface area contributed by atoms with Crippen molar-refractivity contribution in [2.45, 2.75) is 31.7 Å². The van der Waals surface area contributed by atoms with Crippen molar-refractivity contribution in [2.75, 3.05) is 5.32 Å². The Labute approximate surface area is 155 Å². The van der Waals surface area contributed by atoms with E-state index < -0.39 is 0 Å². The topological polar surface area (TPSA) is 46.9 Å². The second-order valence-corrected chi connectivity index (χ2v) is 7.71. The number of benzene rings is 1. The zero-order chi connectivity index (χ0) is 17.2. The molecule has 3 aromatic rings. The average molecular weight is 372 g/mol. The minimum absolute atomic E-state index is 0.0268. The van der Waals surface area contributed by atoms with Gasteiger partial charge in [-0.3, -0.25) is 4.79 Å². The van der Waals surface area contributed by atoms with Gasteiger partial charge in [-0.05, 0) is 49.1 Å². The van der Waals surface area contributed by atoms with E-state index in [2.05, 4.69) is 10.3 Å². The van der Waals surface area contributed by atoms with Gasteiger partial charge in [0.25, 0.3) is 0 Å². The Morgan fingerprint density at radius 2 is 2.00 bits per heavy atom. The van der Waals surface area contributed by atoms with Crippen LogP contribution in [0.25, 0.3) is 0 Å². The van der Waals surface area contributed by atoms with Gasteiger partial charge in [0, 0.05) is 22.3 Å². The number of hydrogen-bond donors (Lipinski definition) is 1. The SMILES string of the molecule is O=C(C[C@H](c1ccc(Cl)cc1)n1cccc1)Nc1nc2c(s1)CCC2. The Morgan fingerprint density at radius 1 is 1.24 bits per heavy atom. The summed E-state index contributed by atoms with van der Waals surface area (Å²) in [6.07, 6.45) is 7.59. The number of aryl methyl sites for hydroxylation is 2. The Bertz CT molecular complexity index is 849. The number of nitrogens with one attached hydrogen (secondary N) is 1. The third-order valence-corrected chi connectivity index (χ3v) is 5.79. The molecule has 1 aromatic carbocycles. The zero-order valence-electron chi connectivity index (χ0n) is 13.6. The van der Waals surface area contributed by atoms with Crippen LogP contribution in [0.5, 0.6) is 0 Å². The number of rotatable bonds is 5. The fourth-order valence-electron chi connectivity index (χ4n) is 3.23. The van der Waals surface area contributed by atoms with E-state index in [1.54, 1.807) is 11.3 Å². The van der Waals surface area contributed by atoms with Gasteiger partial charge in [0.2, 0.25) is 5.91 Å². The van der Waals surface area contributed by atoms with Crippen molar-refractivity contribution in [3.63, 3.8) is 0 Å². The second kappa shape index (κ2) is 7.02. The van der Waals surface area contributed by atoms with Crippen LogP contribution in [0.15, 0.2) is 48.8 Å². The normalized spacial score (nSPS) is 14.3. The molecule has 0 unspecified atom stereocenters. The van der Waals surface area contributed by atoms with Crippen LogP contribution < -0.4 is 5.32 Å². The van der Waals surface area contributed by atoms with Crippen molar-refractivity contribution in [3.05, 3.63) is 69.9 Å². The van der Waals surface area contributed by atoms with Crippen molar-refractivity contribution in [1.82, 2.24) is 9.55 Å². The van der Waals surface area contributed by atoms with Gasteiger partial charge in [-0.25, -0.2) is 4.98 Å². The molecule has 4 nitrogen and oxygen atoms in total. The number of nitrogens with zero attached hydrogens (tertiary/aromatic N) is 2. The number of hydrogen-bond acceptors (Lipinski definition) is 3. The molecule has 6 heteroatoms. The maximum atomic E-state index is 12.6. The summed E-state index contributed by atoms with van der Waals surface area (Å²) < 4.78 is 2.05. The van der Waals surface area contributed by atoms with Gasteiger partial charge in [-0.1, -0.05) is 23.7 Å². The van der Waals surface area contributed by atoms with Crippen molar-refractivity contribution >= 4 is 34.0 Å². The van der Waals surface area contributed by atoms with Crippen LogP contribution in [0.4, 0.5) is 5.13 Å². The molecule has 1 atom stereocenters. The van der Waals surface area contributed by atoms with Crippen LogP contribution in [-0.4, -0.2) is 15.5 Å². The van der Waals surface area contributed by atoms with Gasteiger partial charge in [0.05, 0.1) is 18.2 Å². The fourth-order valence-corrected chi connectivity index (χ4v) is 4.42. The summed E-state index contributed by atoms with van der Waals surface area (Å²) in [5.74, 6) is -0.0268. The largest absolute Gasteiger partial charge is 0.346 e. The maximum Gasteiger partial charge on any atom is 0.228 e. The first-order valence-corrected chi connectivity index (χ1v) is 9.55. The highest BCUT2D eigenvalue weighted by atomic mass is 35.5. The molecule has 0 saturated carbocycles.